The van der Waals surface area contributed by atoms with E-state index in [1.165, 1.54) is 6.07 Å². The van der Waals surface area contributed by atoms with Crippen LogP contribution >= 0.6 is 0 Å². The molecule has 0 unspecified atom stereocenters. The molecule has 6 atom stereocenters. The van der Waals surface area contributed by atoms with Crippen molar-refractivity contribution >= 4 is 34.8 Å². The number of benzene rings is 2. The molecule has 1 fully saturated rings. The smallest absolute Gasteiger partial charge is 0.311 e. The topological polar surface area (TPSA) is 142 Å². The maximum Gasteiger partial charge on any atom is 0.311 e. The van der Waals surface area contributed by atoms with Gasteiger partial charge in [0.2, 0.25) is 0 Å². The van der Waals surface area contributed by atoms with Crippen LogP contribution in [0.15, 0.2) is 54.7 Å². The Kier molecular flexibility index (Phi) is 12.2. The molecule has 1 saturated heterocycles. The van der Waals surface area contributed by atoms with Crippen LogP contribution in [0.5, 0.6) is 0 Å². The van der Waals surface area contributed by atoms with E-state index < -0.39 is 94.6 Å². The van der Waals surface area contributed by atoms with E-state index >= 15 is 4.39 Å². The molecule has 1 aliphatic heterocycles. The van der Waals surface area contributed by atoms with Crippen LogP contribution in [0.1, 0.15) is 100 Å². The summed E-state index contributed by atoms with van der Waals surface area (Å²) in [6, 6.07) is 12.8. The molecule has 3 aromatic rings. The number of nitrogens with one attached hydrogen (secondary N) is 2. The summed E-state index contributed by atoms with van der Waals surface area (Å²) in [6.07, 6.45) is -5.14. The van der Waals surface area contributed by atoms with Crippen molar-refractivity contribution in [2.75, 3.05) is 6.61 Å². The minimum atomic E-state index is -1.46. The predicted octanol–water partition coefficient (Wildman–Crippen LogP) is 7.17. The van der Waals surface area contributed by atoms with Crippen LogP contribution in [0.2, 0.25) is 0 Å². The van der Waals surface area contributed by atoms with Gasteiger partial charge in [0.05, 0.1) is 27.7 Å². The van der Waals surface area contributed by atoms with Gasteiger partial charge in [0.1, 0.15) is 18.5 Å². The third-order valence-corrected chi connectivity index (χ3v) is 8.67. The zero-order valence-corrected chi connectivity index (χ0v) is 32.9. The molecule has 1 aliphatic rings. The summed E-state index contributed by atoms with van der Waals surface area (Å²) >= 11 is 0. The lowest BCUT2D eigenvalue weighted by Gasteiger charge is -2.47. The lowest BCUT2D eigenvalue weighted by Crippen LogP contribution is -2.67. The number of hydrogen-bond acceptors (Lipinski definition) is 10. The summed E-state index contributed by atoms with van der Waals surface area (Å²) in [5.74, 6) is -3.07. The van der Waals surface area contributed by atoms with Gasteiger partial charge in [0, 0.05) is 22.7 Å². The highest BCUT2D eigenvalue weighted by Gasteiger charge is 2.55. The summed E-state index contributed by atoms with van der Waals surface area (Å²) < 4.78 is 46.6. The molecule has 1 aromatic heterocycles. The number of halogens is 1. The number of esters is 4. The van der Waals surface area contributed by atoms with Crippen LogP contribution in [0.3, 0.4) is 0 Å². The Labute approximate surface area is 311 Å². The number of hydrogen-bond donors (Lipinski definition) is 2. The van der Waals surface area contributed by atoms with E-state index in [1.807, 2.05) is 24.3 Å². The van der Waals surface area contributed by atoms with E-state index in [0.29, 0.717) is 5.56 Å². The van der Waals surface area contributed by atoms with Crippen LogP contribution in [-0.2, 0) is 42.9 Å². The summed E-state index contributed by atoms with van der Waals surface area (Å²) in [4.78, 5) is 57.3. The Hall–Kier alpha value is -4.29. The van der Waals surface area contributed by atoms with Crippen molar-refractivity contribution in [2.24, 2.45) is 21.7 Å². The van der Waals surface area contributed by atoms with Gasteiger partial charge in [-0.05, 0) is 101 Å². The van der Waals surface area contributed by atoms with Gasteiger partial charge in [-0.25, -0.2) is 4.39 Å². The van der Waals surface area contributed by atoms with Crippen molar-refractivity contribution in [2.45, 2.75) is 120 Å². The number of para-hydroxylation sites is 1. The van der Waals surface area contributed by atoms with Crippen LogP contribution < -0.4 is 5.32 Å². The average Bonchev–Trinajstić information content (AvgIpc) is 3.47. The first-order valence-corrected chi connectivity index (χ1v) is 17.9. The van der Waals surface area contributed by atoms with Gasteiger partial charge in [-0.2, -0.15) is 0 Å². The van der Waals surface area contributed by atoms with Crippen molar-refractivity contribution in [1.82, 2.24) is 10.3 Å². The summed E-state index contributed by atoms with van der Waals surface area (Å²) in [6.45, 7) is 19.6. The van der Waals surface area contributed by atoms with Gasteiger partial charge < -0.3 is 28.7 Å². The summed E-state index contributed by atoms with van der Waals surface area (Å²) in [5, 5.41) is 4.16. The van der Waals surface area contributed by atoms with Gasteiger partial charge in [-0.1, -0.05) is 36.4 Å². The van der Waals surface area contributed by atoms with Crippen molar-refractivity contribution in [3.8, 4) is 0 Å². The highest BCUT2D eigenvalue weighted by Crippen LogP contribution is 2.37. The molecular weight excluding hydrogens is 683 g/mol. The molecule has 0 bridgehead atoms. The van der Waals surface area contributed by atoms with E-state index in [0.717, 1.165) is 10.9 Å². The summed E-state index contributed by atoms with van der Waals surface area (Å²) in [5.41, 5.74) is -2.27. The first kappa shape index (κ1) is 41.5. The number of ether oxygens (including phenoxy) is 5. The fourth-order valence-electron chi connectivity index (χ4n) is 5.42. The Balaban J connectivity index is 1.94. The number of aromatic amines is 1. The van der Waals surface area contributed by atoms with Gasteiger partial charge in [-0.3, -0.25) is 24.5 Å². The van der Waals surface area contributed by atoms with E-state index in [2.05, 4.69) is 10.3 Å². The van der Waals surface area contributed by atoms with Crippen molar-refractivity contribution in [1.29, 1.82) is 0 Å². The Bertz CT molecular complexity index is 1790. The van der Waals surface area contributed by atoms with Crippen molar-refractivity contribution < 1.29 is 47.3 Å². The first-order valence-electron chi connectivity index (χ1n) is 17.9. The quantitative estimate of drug-likeness (QED) is 0.171. The molecule has 0 radical (unpaired) electrons. The standard InChI is InChI=1S/C41H55FN2O9/c1-38(2,3)34(45)49-22-28-30(51-35(46)39(4,5)6)31(52-36(47)40(7,8)9)32(53-37(48)41(10,11)12)33(50-28)44-29(24-18-13-15-19-26(24)42)25-21-43-27-20-16-14-17-23(25)27/h13-21,28-33,43-44H,22H2,1-12H3/t28-,29-,30+,31+,32-,33-/m1/s1. The molecule has 0 amide bonds. The molecule has 2 heterocycles. The van der Waals surface area contributed by atoms with E-state index in [9.17, 15) is 19.2 Å². The summed E-state index contributed by atoms with van der Waals surface area (Å²) in [7, 11) is 0. The fraction of sp³-hybridized carbons (Fsp3) is 0.561. The largest absolute Gasteiger partial charge is 0.462 e. The minimum absolute atomic E-state index is 0.252. The molecule has 53 heavy (non-hydrogen) atoms. The predicted molar refractivity (Wildman–Crippen MR) is 197 cm³/mol. The van der Waals surface area contributed by atoms with Crippen LogP contribution in [0.4, 0.5) is 4.39 Å². The van der Waals surface area contributed by atoms with Gasteiger partial charge in [-0.15, -0.1) is 0 Å². The number of H-pyrrole nitrogens is 1. The molecule has 11 nitrogen and oxygen atoms in total. The molecule has 0 saturated carbocycles. The lowest BCUT2D eigenvalue weighted by atomic mass is 9.91. The van der Waals surface area contributed by atoms with Crippen molar-refractivity contribution in [3.05, 3.63) is 71.7 Å². The van der Waals surface area contributed by atoms with Crippen LogP contribution in [-0.4, -0.2) is 66.1 Å². The second-order valence-electron chi connectivity index (χ2n) is 17.7. The normalized spacial score (nSPS) is 21.8. The molecule has 2 aromatic carbocycles. The maximum absolute atomic E-state index is 15.8. The molecule has 0 spiro atoms. The SMILES string of the molecule is CC(C)(C)C(=O)OC[C@H]1O[C@@H](N[C@H](c2ccccc2F)c2c[nH]c3ccccc23)[C@H](OC(=O)C(C)(C)C)[C@@H](OC(=O)C(C)(C)C)[C@H]1OC(=O)C(C)(C)C. The highest BCUT2D eigenvalue weighted by molar-refractivity contribution is 5.84. The zero-order chi connectivity index (χ0) is 39.7. The van der Waals surface area contributed by atoms with E-state index in [-0.39, 0.29) is 5.56 Å². The molecule has 0 aliphatic carbocycles. The van der Waals surface area contributed by atoms with Gasteiger partial charge >= 0.3 is 23.9 Å². The number of aromatic nitrogens is 1. The Morgan fingerprint density at radius 2 is 1.17 bits per heavy atom. The fourth-order valence-corrected chi connectivity index (χ4v) is 5.42. The van der Waals surface area contributed by atoms with Crippen LogP contribution in [0, 0.1) is 27.5 Å². The second kappa shape index (κ2) is 15.6. The number of carbonyl (C=O) groups excluding carboxylic acids is 4. The van der Waals surface area contributed by atoms with Gasteiger partial charge in [0.15, 0.2) is 24.5 Å². The minimum Gasteiger partial charge on any atom is -0.462 e. The number of carbonyl (C=O) groups is 4. The Morgan fingerprint density at radius 3 is 1.72 bits per heavy atom. The second-order valence-corrected chi connectivity index (χ2v) is 17.7. The van der Waals surface area contributed by atoms with E-state index in [4.69, 9.17) is 23.7 Å². The third kappa shape index (κ3) is 10.0. The lowest BCUT2D eigenvalue weighted by molar-refractivity contribution is -0.265. The molecule has 4 rings (SSSR count). The van der Waals surface area contributed by atoms with Gasteiger partial charge in [0.25, 0.3) is 0 Å². The third-order valence-electron chi connectivity index (χ3n) is 8.67. The monoisotopic (exact) mass is 738 g/mol. The highest BCUT2D eigenvalue weighted by atomic mass is 19.1. The molecule has 12 heteroatoms. The van der Waals surface area contributed by atoms with E-state index in [1.54, 1.807) is 107 Å². The molecule has 290 valence electrons. The first-order chi connectivity index (χ1) is 24.4. The molecular formula is C41H55FN2O9. The maximum atomic E-state index is 15.8. The average molecular weight is 739 g/mol. The zero-order valence-electron chi connectivity index (χ0n) is 32.9. The van der Waals surface area contributed by atoms with Crippen molar-refractivity contribution in [3.63, 3.8) is 0 Å². The Morgan fingerprint density at radius 1 is 0.679 bits per heavy atom. The number of rotatable bonds is 9. The number of fused-ring (bicyclic) bond motifs is 1. The van der Waals surface area contributed by atoms with Crippen LogP contribution in [0.25, 0.3) is 10.9 Å². The molecule has 2 N–H and O–H groups in total.